The molecule has 6 nitrogen and oxygen atoms in total. The third kappa shape index (κ3) is 7.51. The van der Waals surface area contributed by atoms with Gasteiger partial charge in [-0.05, 0) is 68.5 Å². The van der Waals surface area contributed by atoms with Crippen LogP contribution in [0.3, 0.4) is 0 Å². The van der Waals surface area contributed by atoms with Crippen LogP contribution >= 0.6 is 12.4 Å². The lowest BCUT2D eigenvalue weighted by Gasteiger charge is -2.28. The summed E-state index contributed by atoms with van der Waals surface area (Å²) in [5, 5.41) is 6.28. The summed E-state index contributed by atoms with van der Waals surface area (Å²) >= 11 is 0. The third-order valence-corrected chi connectivity index (χ3v) is 6.05. The zero-order chi connectivity index (χ0) is 18.3. The number of nitrogens with one attached hydrogen (secondary N) is 3. The lowest BCUT2D eigenvalue weighted by Crippen LogP contribution is -2.34. The van der Waals surface area contributed by atoms with Crippen molar-refractivity contribution in [2.75, 3.05) is 28.9 Å². The first-order chi connectivity index (χ1) is 11.9. The van der Waals surface area contributed by atoms with E-state index in [9.17, 15) is 13.2 Å². The molecule has 26 heavy (non-hydrogen) atoms. The second kappa shape index (κ2) is 10.7. The number of hydrogen-bond donors (Lipinski definition) is 3. The lowest BCUT2D eigenvalue weighted by atomic mass is 9.85. The molecule has 1 aliphatic heterocycles. The number of rotatable bonds is 8. The van der Waals surface area contributed by atoms with Crippen LogP contribution in [0.25, 0.3) is 0 Å². The molecule has 3 N–H and O–H groups in total. The topological polar surface area (TPSA) is 87.3 Å². The summed E-state index contributed by atoms with van der Waals surface area (Å²) in [6.07, 6.45) is 3.41. The summed E-state index contributed by atoms with van der Waals surface area (Å²) in [7, 11) is -3.29. The van der Waals surface area contributed by atoms with Gasteiger partial charge < -0.3 is 10.6 Å². The van der Waals surface area contributed by atoms with Gasteiger partial charge in [0.25, 0.3) is 0 Å². The molecule has 0 spiro atoms. The van der Waals surface area contributed by atoms with Gasteiger partial charge in [-0.15, -0.1) is 12.4 Å². The summed E-state index contributed by atoms with van der Waals surface area (Å²) in [6.45, 7) is 6.01. The van der Waals surface area contributed by atoms with Gasteiger partial charge in [-0.3, -0.25) is 9.52 Å². The van der Waals surface area contributed by atoms with Gasteiger partial charge in [-0.1, -0.05) is 13.8 Å². The molecule has 1 aliphatic rings. The molecule has 0 bridgehead atoms. The maximum Gasteiger partial charge on any atom is 0.232 e. The maximum atomic E-state index is 12.2. The number of carbonyl (C=O) groups excluding carboxylic acids is 1. The Balaban J connectivity index is 0.00000338. The predicted molar refractivity (Wildman–Crippen MR) is 109 cm³/mol. The Kier molecular flexibility index (Phi) is 9.39. The first kappa shape index (κ1) is 22.7. The molecular formula is C18H30ClN3O3S. The minimum Gasteiger partial charge on any atom is -0.326 e. The number of halogens is 1. The minimum absolute atomic E-state index is 0. The van der Waals surface area contributed by atoms with Crippen molar-refractivity contribution in [3.8, 4) is 0 Å². The van der Waals surface area contributed by atoms with Gasteiger partial charge in [0.05, 0.1) is 5.75 Å². The smallest absolute Gasteiger partial charge is 0.232 e. The third-order valence-electron chi connectivity index (χ3n) is 4.56. The monoisotopic (exact) mass is 403 g/mol. The number of hydrogen-bond acceptors (Lipinski definition) is 4. The van der Waals surface area contributed by atoms with E-state index in [1.165, 1.54) is 12.8 Å². The fourth-order valence-electron chi connectivity index (χ4n) is 3.16. The molecule has 0 saturated carbocycles. The van der Waals surface area contributed by atoms with Crippen molar-refractivity contribution in [1.29, 1.82) is 0 Å². The summed E-state index contributed by atoms with van der Waals surface area (Å²) in [4.78, 5) is 12.2. The predicted octanol–water partition coefficient (Wildman–Crippen LogP) is 3.22. The number of carbonyl (C=O) groups is 1. The van der Waals surface area contributed by atoms with Crippen LogP contribution in [0.4, 0.5) is 11.4 Å². The molecule has 0 radical (unpaired) electrons. The number of sulfonamides is 1. The molecule has 2 atom stereocenters. The maximum absolute atomic E-state index is 12.2. The molecule has 1 aromatic rings. The molecule has 2 unspecified atom stereocenters. The summed E-state index contributed by atoms with van der Waals surface area (Å²) in [5.74, 6) is 0.986. The molecule has 1 amide bonds. The highest BCUT2D eigenvalue weighted by atomic mass is 35.5. The zero-order valence-corrected chi connectivity index (χ0v) is 17.1. The average molecular weight is 404 g/mol. The van der Waals surface area contributed by atoms with E-state index in [1.54, 1.807) is 24.3 Å². The van der Waals surface area contributed by atoms with Crippen LogP contribution in [-0.4, -0.2) is 33.2 Å². The van der Waals surface area contributed by atoms with Crippen molar-refractivity contribution in [2.24, 2.45) is 11.8 Å². The Hall–Kier alpha value is -1.31. The van der Waals surface area contributed by atoms with E-state index in [-0.39, 0.29) is 24.1 Å². The highest BCUT2D eigenvalue weighted by molar-refractivity contribution is 7.92. The SMILES string of the molecule is CCCS(=O)(=O)Nc1ccc(NC(=O)CC(C)C2CCCNC2)cc1.Cl. The first-order valence-corrected chi connectivity index (χ1v) is 10.7. The molecule has 2 rings (SSSR count). The fraction of sp³-hybridized carbons (Fsp3) is 0.611. The number of benzene rings is 1. The van der Waals surface area contributed by atoms with Crippen molar-refractivity contribution in [3.05, 3.63) is 24.3 Å². The van der Waals surface area contributed by atoms with Crippen molar-refractivity contribution in [1.82, 2.24) is 5.32 Å². The highest BCUT2D eigenvalue weighted by Crippen LogP contribution is 2.23. The highest BCUT2D eigenvalue weighted by Gasteiger charge is 2.22. The largest absolute Gasteiger partial charge is 0.326 e. The van der Waals surface area contributed by atoms with Crippen molar-refractivity contribution in [3.63, 3.8) is 0 Å². The average Bonchev–Trinajstić information content (AvgIpc) is 2.57. The Morgan fingerprint density at radius 1 is 1.27 bits per heavy atom. The van der Waals surface area contributed by atoms with E-state index in [1.807, 2.05) is 6.92 Å². The Labute approximate surface area is 163 Å². The molecule has 1 fully saturated rings. The van der Waals surface area contributed by atoms with Crippen LogP contribution in [0.2, 0.25) is 0 Å². The van der Waals surface area contributed by atoms with E-state index in [4.69, 9.17) is 0 Å². The summed E-state index contributed by atoms with van der Waals surface area (Å²) in [5.41, 5.74) is 1.19. The normalized spacial score (nSPS) is 18.5. The van der Waals surface area contributed by atoms with Crippen LogP contribution in [0.15, 0.2) is 24.3 Å². The van der Waals surface area contributed by atoms with E-state index in [2.05, 4.69) is 22.3 Å². The van der Waals surface area contributed by atoms with Crippen molar-refractivity contribution < 1.29 is 13.2 Å². The van der Waals surface area contributed by atoms with E-state index in [0.29, 0.717) is 36.1 Å². The van der Waals surface area contributed by atoms with Crippen LogP contribution in [0, 0.1) is 11.8 Å². The summed E-state index contributed by atoms with van der Waals surface area (Å²) < 4.78 is 26.0. The zero-order valence-electron chi connectivity index (χ0n) is 15.5. The summed E-state index contributed by atoms with van der Waals surface area (Å²) in [6, 6.07) is 6.76. The van der Waals surface area contributed by atoms with Crippen LogP contribution in [0.1, 0.15) is 39.5 Å². The minimum atomic E-state index is -3.29. The second-order valence-corrected chi connectivity index (χ2v) is 8.68. The van der Waals surface area contributed by atoms with E-state index < -0.39 is 10.0 Å². The van der Waals surface area contributed by atoms with Gasteiger partial charge in [0.2, 0.25) is 15.9 Å². The fourth-order valence-corrected chi connectivity index (χ4v) is 4.29. The molecule has 8 heteroatoms. The molecule has 1 aromatic carbocycles. The van der Waals surface area contributed by atoms with Crippen molar-refractivity contribution in [2.45, 2.75) is 39.5 Å². The number of amides is 1. The van der Waals surface area contributed by atoms with Crippen molar-refractivity contribution >= 4 is 39.7 Å². The molecule has 0 aromatic heterocycles. The Bertz CT molecular complexity index is 659. The number of piperidine rings is 1. The molecule has 148 valence electrons. The molecular weight excluding hydrogens is 374 g/mol. The van der Waals surface area contributed by atoms with Crippen LogP contribution in [0.5, 0.6) is 0 Å². The van der Waals surface area contributed by atoms with Crippen LogP contribution in [-0.2, 0) is 14.8 Å². The van der Waals surface area contributed by atoms with Gasteiger partial charge in [0.15, 0.2) is 0 Å². The standard InChI is InChI=1S/C18H29N3O3S.ClH/c1-3-11-25(23,24)21-17-8-6-16(7-9-17)20-18(22)12-14(2)15-5-4-10-19-13-15;/h6-9,14-15,19,21H,3-5,10-13H2,1-2H3,(H,20,22);1H. The first-order valence-electron chi connectivity index (χ1n) is 9.00. The van der Waals surface area contributed by atoms with Gasteiger partial charge in [-0.25, -0.2) is 8.42 Å². The molecule has 1 heterocycles. The molecule has 0 aliphatic carbocycles. The Morgan fingerprint density at radius 3 is 2.50 bits per heavy atom. The Morgan fingerprint density at radius 2 is 1.92 bits per heavy atom. The second-order valence-electron chi connectivity index (χ2n) is 6.83. The van der Waals surface area contributed by atoms with Gasteiger partial charge in [0, 0.05) is 17.8 Å². The van der Waals surface area contributed by atoms with Gasteiger partial charge >= 0.3 is 0 Å². The quantitative estimate of drug-likeness (QED) is 0.621. The van der Waals surface area contributed by atoms with Gasteiger partial charge in [0.1, 0.15) is 0 Å². The molecule has 1 saturated heterocycles. The number of anilines is 2. The van der Waals surface area contributed by atoms with E-state index >= 15 is 0 Å². The van der Waals surface area contributed by atoms with Gasteiger partial charge in [-0.2, -0.15) is 0 Å². The lowest BCUT2D eigenvalue weighted by molar-refractivity contribution is -0.117. The van der Waals surface area contributed by atoms with Crippen LogP contribution < -0.4 is 15.4 Å². The van der Waals surface area contributed by atoms with E-state index in [0.717, 1.165) is 13.1 Å².